The predicted molar refractivity (Wildman–Crippen MR) is 87.6 cm³/mol. The normalized spacial score (nSPS) is 32.0. The highest BCUT2D eigenvalue weighted by molar-refractivity contribution is 5.81. The number of nitrogens with two attached hydrogens (primary N) is 1. The van der Waals surface area contributed by atoms with E-state index < -0.39 is 11.8 Å². The molecular weight excluding hydrogens is 292 g/mol. The molecule has 1 amide bonds. The number of amides is 1. The molecule has 1 saturated carbocycles. The van der Waals surface area contributed by atoms with Crippen molar-refractivity contribution in [2.24, 2.45) is 11.7 Å². The standard InChI is InChI=1S/C18H26N2O3/c1-13-7-9-18(10-8-13)22-12-15(23-18)11-20-16(17(19)21)14-5-3-2-4-6-14/h2-6,13,15-16,20H,7-12H2,1H3,(H2,19,21). The first-order valence-corrected chi connectivity index (χ1v) is 8.47. The van der Waals surface area contributed by atoms with Crippen molar-refractivity contribution in [3.63, 3.8) is 0 Å². The van der Waals surface area contributed by atoms with E-state index in [2.05, 4.69) is 12.2 Å². The van der Waals surface area contributed by atoms with E-state index in [-0.39, 0.29) is 12.0 Å². The van der Waals surface area contributed by atoms with Crippen molar-refractivity contribution in [2.75, 3.05) is 13.2 Å². The SMILES string of the molecule is CC1CCC2(CC1)OCC(CNC(C(N)=O)c1ccccc1)O2. The van der Waals surface area contributed by atoms with Gasteiger partial charge in [0, 0.05) is 19.4 Å². The van der Waals surface area contributed by atoms with Gasteiger partial charge in [0.2, 0.25) is 5.91 Å². The lowest BCUT2D eigenvalue weighted by Crippen LogP contribution is -2.40. The molecule has 5 heteroatoms. The molecule has 2 atom stereocenters. The van der Waals surface area contributed by atoms with Crippen molar-refractivity contribution in [1.82, 2.24) is 5.32 Å². The highest BCUT2D eigenvalue weighted by atomic mass is 16.7. The molecule has 5 nitrogen and oxygen atoms in total. The summed E-state index contributed by atoms with van der Waals surface area (Å²) < 4.78 is 12.1. The molecule has 1 heterocycles. The Labute approximate surface area is 137 Å². The fourth-order valence-corrected chi connectivity index (χ4v) is 3.46. The molecule has 3 rings (SSSR count). The van der Waals surface area contributed by atoms with Gasteiger partial charge >= 0.3 is 0 Å². The first kappa shape index (κ1) is 16.4. The summed E-state index contributed by atoms with van der Waals surface area (Å²) in [6.45, 7) is 3.40. The second-order valence-corrected chi connectivity index (χ2v) is 6.80. The van der Waals surface area contributed by atoms with Crippen LogP contribution in [0.2, 0.25) is 0 Å². The van der Waals surface area contributed by atoms with Crippen LogP contribution in [0.1, 0.15) is 44.2 Å². The molecule has 1 spiro atoms. The Hall–Kier alpha value is -1.43. The molecule has 2 unspecified atom stereocenters. The third-order valence-electron chi connectivity index (χ3n) is 4.92. The van der Waals surface area contributed by atoms with E-state index in [0.717, 1.165) is 37.2 Å². The zero-order valence-electron chi connectivity index (χ0n) is 13.7. The van der Waals surface area contributed by atoms with Crippen LogP contribution < -0.4 is 11.1 Å². The van der Waals surface area contributed by atoms with Crippen molar-refractivity contribution in [3.8, 4) is 0 Å². The van der Waals surface area contributed by atoms with Crippen molar-refractivity contribution < 1.29 is 14.3 Å². The van der Waals surface area contributed by atoms with Crippen LogP contribution in [0.3, 0.4) is 0 Å². The minimum Gasteiger partial charge on any atom is -0.368 e. The minimum atomic E-state index is -0.497. The van der Waals surface area contributed by atoms with Crippen molar-refractivity contribution in [2.45, 2.75) is 50.5 Å². The summed E-state index contributed by atoms with van der Waals surface area (Å²) in [6, 6.07) is 9.03. The molecule has 1 aromatic carbocycles. The molecule has 1 aliphatic carbocycles. The van der Waals surface area contributed by atoms with E-state index in [9.17, 15) is 4.79 Å². The Morgan fingerprint density at radius 2 is 2.04 bits per heavy atom. The number of hydrogen-bond acceptors (Lipinski definition) is 4. The Morgan fingerprint density at radius 1 is 1.35 bits per heavy atom. The maximum Gasteiger partial charge on any atom is 0.239 e. The Balaban J connectivity index is 1.55. The third-order valence-corrected chi connectivity index (χ3v) is 4.92. The number of nitrogens with one attached hydrogen (secondary N) is 1. The molecule has 126 valence electrons. The largest absolute Gasteiger partial charge is 0.368 e. The molecular formula is C18H26N2O3. The van der Waals surface area contributed by atoms with Gasteiger partial charge in [-0.15, -0.1) is 0 Å². The number of carbonyl (C=O) groups is 1. The van der Waals surface area contributed by atoms with Gasteiger partial charge in [-0.05, 0) is 24.3 Å². The van der Waals surface area contributed by atoms with Crippen LogP contribution in [0.25, 0.3) is 0 Å². The average Bonchev–Trinajstić information content (AvgIpc) is 2.95. The second-order valence-electron chi connectivity index (χ2n) is 6.80. The molecule has 1 saturated heterocycles. The van der Waals surface area contributed by atoms with E-state index in [1.807, 2.05) is 30.3 Å². The van der Waals surface area contributed by atoms with Crippen LogP contribution >= 0.6 is 0 Å². The summed E-state index contributed by atoms with van der Waals surface area (Å²) in [5, 5.41) is 3.23. The second kappa shape index (κ2) is 6.99. The monoisotopic (exact) mass is 318 g/mol. The summed E-state index contributed by atoms with van der Waals surface area (Å²) in [6.07, 6.45) is 4.18. The summed E-state index contributed by atoms with van der Waals surface area (Å²) in [5.41, 5.74) is 6.41. The first-order valence-electron chi connectivity index (χ1n) is 8.47. The van der Waals surface area contributed by atoms with Gasteiger partial charge in [0.15, 0.2) is 5.79 Å². The van der Waals surface area contributed by atoms with E-state index in [1.165, 1.54) is 0 Å². The lowest BCUT2D eigenvalue weighted by Gasteiger charge is -2.34. The van der Waals surface area contributed by atoms with Gasteiger partial charge in [0.1, 0.15) is 6.04 Å². The number of hydrogen-bond donors (Lipinski definition) is 2. The van der Waals surface area contributed by atoms with E-state index in [1.54, 1.807) is 0 Å². The Bertz CT molecular complexity index is 526. The van der Waals surface area contributed by atoms with Crippen LogP contribution in [-0.2, 0) is 14.3 Å². The van der Waals surface area contributed by atoms with Crippen molar-refractivity contribution >= 4 is 5.91 Å². The van der Waals surface area contributed by atoms with E-state index in [4.69, 9.17) is 15.2 Å². The van der Waals surface area contributed by atoms with Crippen molar-refractivity contribution in [1.29, 1.82) is 0 Å². The van der Waals surface area contributed by atoms with Gasteiger partial charge in [-0.1, -0.05) is 37.3 Å². The number of primary amides is 1. The number of ether oxygens (including phenoxy) is 2. The Morgan fingerprint density at radius 3 is 2.70 bits per heavy atom. The Kier molecular flexibility index (Phi) is 4.99. The van der Waals surface area contributed by atoms with Gasteiger partial charge in [0.05, 0.1) is 12.7 Å². The van der Waals surface area contributed by atoms with Crippen molar-refractivity contribution in [3.05, 3.63) is 35.9 Å². The van der Waals surface area contributed by atoms with E-state index >= 15 is 0 Å². The van der Waals surface area contributed by atoms with Crippen LogP contribution in [0, 0.1) is 5.92 Å². The minimum absolute atomic E-state index is 0.0334. The van der Waals surface area contributed by atoms with E-state index in [0.29, 0.717) is 13.2 Å². The number of carbonyl (C=O) groups excluding carboxylic acids is 1. The fraction of sp³-hybridized carbons (Fsp3) is 0.611. The zero-order chi connectivity index (χ0) is 16.3. The molecule has 1 aliphatic heterocycles. The summed E-state index contributed by atoms with van der Waals surface area (Å²) in [5.74, 6) is -0.0213. The van der Waals surface area contributed by atoms with Gasteiger partial charge in [-0.25, -0.2) is 0 Å². The summed E-state index contributed by atoms with van der Waals surface area (Å²) in [7, 11) is 0. The molecule has 2 fully saturated rings. The molecule has 23 heavy (non-hydrogen) atoms. The summed E-state index contributed by atoms with van der Waals surface area (Å²) >= 11 is 0. The van der Waals surface area contributed by atoms with Gasteiger partial charge in [0.25, 0.3) is 0 Å². The molecule has 1 aromatic rings. The number of benzene rings is 1. The van der Waals surface area contributed by atoms with Gasteiger partial charge < -0.3 is 15.2 Å². The maximum absolute atomic E-state index is 11.7. The highest BCUT2D eigenvalue weighted by Crippen LogP contribution is 2.39. The van der Waals surface area contributed by atoms with Crippen LogP contribution in [0.15, 0.2) is 30.3 Å². The lowest BCUT2D eigenvalue weighted by molar-refractivity contribution is -0.191. The molecule has 3 N–H and O–H groups in total. The number of rotatable bonds is 5. The zero-order valence-corrected chi connectivity index (χ0v) is 13.7. The molecule has 2 aliphatic rings. The first-order chi connectivity index (χ1) is 11.1. The molecule has 0 radical (unpaired) electrons. The topological polar surface area (TPSA) is 73.6 Å². The van der Waals surface area contributed by atoms with Gasteiger partial charge in [-0.3, -0.25) is 10.1 Å². The fourth-order valence-electron chi connectivity index (χ4n) is 3.46. The van der Waals surface area contributed by atoms with Crippen LogP contribution in [0.4, 0.5) is 0 Å². The van der Waals surface area contributed by atoms with Gasteiger partial charge in [-0.2, -0.15) is 0 Å². The van der Waals surface area contributed by atoms with Crippen LogP contribution in [-0.4, -0.2) is 30.9 Å². The average molecular weight is 318 g/mol. The highest BCUT2D eigenvalue weighted by Gasteiger charge is 2.43. The third kappa shape index (κ3) is 3.91. The van der Waals surface area contributed by atoms with Crippen LogP contribution in [0.5, 0.6) is 0 Å². The molecule has 0 aromatic heterocycles. The summed E-state index contributed by atoms with van der Waals surface area (Å²) in [4.78, 5) is 11.7. The predicted octanol–water partition coefficient (Wildman–Crippen LogP) is 2.12. The lowest BCUT2D eigenvalue weighted by atomic mass is 9.86. The quantitative estimate of drug-likeness (QED) is 0.872. The molecule has 0 bridgehead atoms. The smallest absolute Gasteiger partial charge is 0.239 e. The maximum atomic E-state index is 11.7.